The molecule has 1 aromatic carbocycles. The van der Waals surface area contributed by atoms with Crippen LogP contribution in [0, 0.1) is 6.92 Å². The van der Waals surface area contributed by atoms with Gasteiger partial charge >= 0.3 is 0 Å². The predicted molar refractivity (Wildman–Crippen MR) is 81.3 cm³/mol. The molecule has 0 aliphatic heterocycles. The van der Waals surface area contributed by atoms with Crippen molar-refractivity contribution in [3.63, 3.8) is 0 Å². The largest absolute Gasteiger partial charge is 0.390 e. The average molecular weight is 271 g/mol. The van der Waals surface area contributed by atoms with Crippen molar-refractivity contribution < 1.29 is 5.11 Å². The maximum atomic E-state index is 9.57. The molecule has 2 rings (SSSR count). The highest BCUT2D eigenvalue weighted by atomic mass is 16.3. The lowest BCUT2D eigenvalue weighted by Gasteiger charge is -2.23. The van der Waals surface area contributed by atoms with E-state index >= 15 is 0 Å². The van der Waals surface area contributed by atoms with Crippen LogP contribution < -0.4 is 4.90 Å². The molecule has 0 atom stereocenters. The van der Waals surface area contributed by atoms with Gasteiger partial charge in [-0.15, -0.1) is 0 Å². The summed E-state index contributed by atoms with van der Waals surface area (Å²) in [4.78, 5) is 10.9. The van der Waals surface area contributed by atoms with Crippen molar-refractivity contribution in [3.05, 3.63) is 47.5 Å². The van der Waals surface area contributed by atoms with E-state index in [4.69, 9.17) is 0 Å². The summed E-state index contributed by atoms with van der Waals surface area (Å²) in [6.45, 7) is 6.06. The van der Waals surface area contributed by atoms with E-state index in [2.05, 4.69) is 23.0 Å². The lowest BCUT2D eigenvalue weighted by Crippen LogP contribution is -2.15. The van der Waals surface area contributed by atoms with Gasteiger partial charge in [0.05, 0.1) is 24.2 Å². The van der Waals surface area contributed by atoms with Gasteiger partial charge in [-0.05, 0) is 18.6 Å². The smallest absolute Gasteiger partial charge is 0.131 e. The first-order chi connectivity index (χ1) is 9.54. The number of anilines is 2. The molecule has 0 saturated heterocycles. The van der Waals surface area contributed by atoms with Gasteiger partial charge in [0.15, 0.2) is 0 Å². The van der Waals surface area contributed by atoms with Crippen molar-refractivity contribution in [1.82, 2.24) is 9.97 Å². The molecular formula is C16H21N3O. The molecule has 4 heteroatoms. The van der Waals surface area contributed by atoms with Gasteiger partial charge in [-0.2, -0.15) is 0 Å². The maximum Gasteiger partial charge on any atom is 0.131 e. The van der Waals surface area contributed by atoms with Crippen LogP contribution in [0.2, 0.25) is 0 Å². The first kappa shape index (κ1) is 14.5. The van der Waals surface area contributed by atoms with Gasteiger partial charge in [-0.3, -0.25) is 0 Å². The van der Waals surface area contributed by atoms with Crippen molar-refractivity contribution in [2.75, 3.05) is 11.9 Å². The summed E-state index contributed by atoms with van der Waals surface area (Å²) < 4.78 is 0. The monoisotopic (exact) mass is 271 g/mol. The fourth-order valence-corrected chi connectivity index (χ4v) is 2.17. The summed E-state index contributed by atoms with van der Waals surface area (Å²) in [7, 11) is 1.97. The molecule has 2 aromatic rings. The molecule has 0 aliphatic carbocycles. The van der Waals surface area contributed by atoms with E-state index < -0.39 is 0 Å². The molecule has 1 heterocycles. The highest BCUT2D eigenvalue weighted by Crippen LogP contribution is 2.28. The van der Waals surface area contributed by atoms with Gasteiger partial charge < -0.3 is 10.0 Å². The Hall–Kier alpha value is -1.94. The Morgan fingerprint density at radius 3 is 2.50 bits per heavy atom. The Morgan fingerprint density at radius 2 is 1.90 bits per heavy atom. The summed E-state index contributed by atoms with van der Waals surface area (Å²) >= 11 is 0. The minimum atomic E-state index is -0.0895. The molecule has 0 amide bonds. The summed E-state index contributed by atoms with van der Waals surface area (Å²) in [5.41, 5.74) is 3.76. The highest BCUT2D eigenvalue weighted by molar-refractivity contribution is 5.66. The van der Waals surface area contributed by atoms with Crippen LogP contribution in [0.3, 0.4) is 0 Å². The molecule has 0 fully saturated rings. The number of aromatic nitrogens is 2. The number of para-hydroxylation sites is 1. The van der Waals surface area contributed by atoms with Gasteiger partial charge in [0.1, 0.15) is 5.82 Å². The summed E-state index contributed by atoms with van der Waals surface area (Å²) in [6, 6.07) is 8.12. The molecule has 1 aromatic heterocycles. The molecule has 0 unspecified atom stereocenters. The second kappa shape index (κ2) is 6.01. The molecule has 0 saturated carbocycles. The fourth-order valence-electron chi connectivity index (χ4n) is 2.17. The van der Waals surface area contributed by atoms with Crippen molar-refractivity contribution >= 4 is 11.4 Å². The Balaban J connectivity index is 2.44. The van der Waals surface area contributed by atoms with Crippen molar-refractivity contribution in [2.45, 2.75) is 33.3 Å². The van der Waals surface area contributed by atoms with Gasteiger partial charge in [-0.25, -0.2) is 9.97 Å². The molecule has 4 nitrogen and oxygen atoms in total. The lowest BCUT2D eigenvalue weighted by atomic mass is 10.1. The second-order valence-corrected chi connectivity index (χ2v) is 5.22. The van der Waals surface area contributed by atoms with Gasteiger partial charge in [0, 0.05) is 18.7 Å². The Kier molecular flexibility index (Phi) is 4.35. The summed E-state index contributed by atoms with van der Waals surface area (Å²) in [5, 5.41) is 9.57. The standard InChI is InChI=1S/C16H21N3O/c1-11(2)16-17-9-15(13(10-20)18-16)19(4)14-8-6-5-7-12(14)3/h5-9,11,20H,10H2,1-4H3. The summed E-state index contributed by atoms with van der Waals surface area (Å²) in [5.74, 6) is 1.01. The minimum Gasteiger partial charge on any atom is -0.390 e. The van der Waals surface area contributed by atoms with Crippen LogP contribution in [0.4, 0.5) is 11.4 Å². The zero-order valence-corrected chi connectivity index (χ0v) is 12.5. The SMILES string of the molecule is Cc1ccccc1N(C)c1cnc(C(C)C)nc1CO. The van der Waals surface area contributed by atoms with Crippen molar-refractivity contribution in [1.29, 1.82) is 0 Å². The zero-order valence-electron chi connectivity index (χ0n) is 12.5. The normalized spacial score (nSPS) is 10.9. The third-order valence-electron chi connectivity index (χ3n) is 3.37. The van der Waals surface area contributed by atoms with Crippen LogP contribution in [0.5, 0.6) is 0 Å². The van der Waals surface area contributed by atoms with E-state index in [1.54, 1.807) is 6.20 Å². The van der Waals surface area contributed by atoms with E-state index in [1.165, 1.54) is 5.56 Å². The zero-order chi connectivity index (χ0) is 14.7. The van der Waals surface area contributed by atoms with Crippen LogP contribution in [0.15, 0.2) is 30.5 Å². The van der Waals surface area contributed by atoms with Crippen LogP contribution in [-0.4, -0.2) is 22.1 Å². The quantitative estimate of drug-likeness (QED) is 0.928. The molecule has 0 aliphatic rings. The predicted octanol–water partition coefficient (Wildman–Crippen LogP) is 3.17. The van der Waals surface area contributed by atoms with E-state index in [1.807, 2.05) is 44.0 Å². The van der Waals surface area contributed by atoms with Crippen LogP contribution in [0.1, 0.15) is 36.8 Å². The molecule has 20 heavy (non-hydrogen) atoms. The van der Waals surface area contributed by atoms with Crippen molar-refractivity contribution in [2.24, 2.45) is 0 Å². The Morgan fingerprint density at radius 1 is 1.20 bits per heavy atom. The Labute approximate surface area is 120 Å². The van der Waals surface area contributed by atoms with Gasteiger partial charge in [0.25, 0.3) is 0 Å². The number of benzene rings is 1. The fraction of sp³-hybridized carbons (Fsp3) is 0.375. The molecule has 106 valence electrons. The summed E-state index contributed by atoms with van der Waals surface area (Å²) in [6.07, 6.45) is 1.79. The third-order valence-corrected chi connectivity index (χ3v) is 3.37. The number of aliphatic hydroxyl groups is 1. The number of nitrogens with zero attached hydrogens (tertiary/aromatic N) is 3. The number of rotatable bonds is 4. The first-order valence-corrected chi connectivity index (χ1v) is 6.80. The van der Waals surface area contributed by atoms with Crippen LogP contribution in [0.25, 0.3) is 0 Å². The van der Waals surface area contributed by atoms with E-state index in [0.717, 1.165) is 17.2 Å². The van der Waals surface area contributed by atoms with Gasteiger partial charge in [0.2, 0.25) is 0 Å². The average Bonchev–Trinajstić information content (AvgIpc) is 2.46. The molecule has 0 radical (unpaired) electrons. The van der Waals surface area contributed by atoms with E-state index in [0.29, 0.717) is 5.69 Å². The number of hydrogen-bond donors (Lipinski definition) is 1. The minimum absolute atomic E-state index is 0.0895. The second-order valence-electron chi connectivity index (χ2n) is 5.22. The third kappa shape index (κ3) is 2.80. The van der Waals surface area contributed by atoms with Crippen molar-refractivity contribution in [3.8, 4) is 0 Å². The topological polar surface area (TPSA) is 49.2 Å². The number of aryl methyl sites for hydroxylation is 1. The van der Waals surface area contributed by atoms with E-state index in [9.17, 15) is 5.11 Å². The number of hydrogen-bond acceptors (Lipinski definition) is 4. The van der Waals surface area contributed by atoms with Crippen LogP contribution in [-0.2, 0) is 6.61 Å². The maximum absolute atomic E-state index is 9.57. The van der Waals surface area contributed by atoms with Crippen LogP contribution >= 0.6 is 0 Å². The highest BCUT2D eigenvalue weighted by Gasteiger charge is 2.14. The molecule has 0 bridgehead atoms. The molecule has 1 N–H and O–H groups in total. The van der Waals surface area contributed by atoms with E-state index in [-0.39, 0.29) is 12.5 Å². The molecule has 0 spiro atoms. The lowest BCUT2D eigenvalue weighted by molar-refractivity contribution is 0.276. The van der Waals surface area contributed by atoms with Gasteiger partial charge in [-0.1, -0.05) is 32.0 Å². The number of aliphatic hydroxyl groups excluding tert-OH is 1. The Bertz CT molecular complexity index is 596. The molecular weight excluding hydrogens is 250 g/mol. The first-order valence-electron chi connectivity index (χ1n) is 6.80.